The maximum Gasteiger partial charge on any atom is 0.243 e. The Balaban J connectivity index is 2.40. The molecule has 1 heterocycles. The molecule has 1 aliphatic rings. The van der Waals surface area contributed by atoms with Crippen molar-refractivity contribution >= 4 is 10.0 Å². The van der Waals surface area contributed by atoms with Gasteiger partial charge >= 0.3 is 0 Å². The fourth-order valence-corrected chi connectivity index (χ4v) is 4.09. The van der Waals surface area contributed by atoms with Gasteiger partial charge in [-0.2, -0.15) is 9.57 Å². The molecule has 7 heteroatoms. The second kappa shape index (κ2) is 5.87. The summed E-state index contributed by atoms with van der Waals surface area (Å²) in [6.07, 6.45) is 0.749. The smallest absolute Gasteiger partial charge is 0.243 e. The highest BCUT2D eigenvalue weighted by Crippen LogP contribution is 2.22. The van der Waals surface area contributed by atoms with Crippen LogP contribution < -0.4 is 5.32 Å². The summed E-state index contributed by atoms with van der Waals surface area (Å²) in [6.45, 7) is 3.50. The number of likely N-dealkylation sites (N-methyl/N-ethyl adjacent to an activating group) is 1. The fourth-order valence-electron chi connectivity index (χ4n) is 2.40. The van der Waals surface area contributed by atoms with Crippen molar-refractivity contribution in [2.45, 2.75) is 24.3 Å². The molecule has 1 fully saturated rings. The average molecular weight is 297 g/mol. The highest BCUT2D eigenvalue weighted by molar-refractivity contribution is 7.89. The molecule has 1 unspecified atom stereocenters. The molecule has 0 radical (unpaired) electrons. The van der Waals surface area contributed by atoms with Gasteiger partial charge in [0.15, 0.2) is 0 Å². The van der Waals surface area contributed by atoms with Crippen LogP contribution in [0.4, 0.5) is 4.39 Å². The molecular weight excluding hydrogens is 281 g/mol. The van der Waals surface area contributed by atoms with Crippen molar-refractivity contribution in [3.8, 4) is 6.07 Å². The van der Waals surface area contributed by atoms with Crippen LogP contribution in [0.25, 0.3) is 0 Å². The Bertz CT molecular complexity index is 634. The third kappa shape index (κ3) is 2.68. The molecular formula is C13H16FN3O2S. The van der Waals surface area contributed by atoms with Crippen LogP contribution in [0.3, 0.4) is 0 Å². The summed E-state index contributed by atoms with van der Waals surface area (Å²) >= 11 is 0. The van der Waals surface area contributed by atoms with Gasteiger partial charge < -0.3 is 5.32 Å². The number of sulfonamides is 1. The summed E-state index contributed by atoms with van der Waals surface area (Å²) < 4.78 is 39.9. The van der Waals surface area contributed by atoms with Crippen LogP contribution in [0, 0.1) is 17.1 Å². The lowest BCUT2D eigenvalue weighted by Crippen LogP contribution is -2.41. The van der Waals surface area contributed by atoms with Gasteiger partial charge in [0, 0.05) is 19.1 Å². The third-order valence-corrected chi connectivity index (χ3v) is 5.44. The average Bonchev–Trinajstić information content (AvgIpc) is 2.93. The van der Waals surface area contributed by atoms with Gasteiger partial charge in [0.05, 0.1) is 10.5 Å². The molecule has 0 aromatic heterocycles. The Morgan fingerprint density at radius 1 is 1.55 bits per heavy atom. The van der Waals surface area contributed by atoms with E-state index in [9.17, 15) is 12.8 Å². The minimum absolute atomic E-state index is 0.0378. The van der Waals surface area contributed by atoms with Crippen LogP contribution in [0.5, 0.6) is 0 Å². The van der Waals surface area contributed by atoms with E-state index in [0.29, 0.717) is 13.1 Å². The molecule has 20 heavy (non-hydrogen) atoms. The zero-order chi connectivity index (χ0) is 14.8. The van der Waals surface area contributed by atoms with Crippen LogP contribution in [0.2, 0.25) is 0 Å². The minimum atomic E-state index is -3.71. The Morgan fingerprint density at radius 3 is 2.85 bits per heavy atom. The van der Waals surface area contributed by atoms with Crippen LogP contribution in [-0.2, 0) is 10.0 Å². The molecule has 2 rings (SSSR count). The lowest BCUT2D eigenvalue weighted by atomic mass is 10.2. The molecule has 1 aromatic rings. The minimum Gasteiger partial charge on any atom is -0.315 e. The molecule has 0 saturated carbocycles. The van der Waals surface area contributed by atoms with E-state index in [2.05, 4.69) is 5.32 Å². The summed E-state index contributed by atoms with van der Waals surface area (Å²) in [5, 5.41) is 11.9. The van der Waals surface area contributed by atoms with E-state index >= 15 is 0 Å². The first-order chi connectivity index (χ1) is 9.50. The topological polar surface area (TPSA) is 73.2 Å². The number of nitriles is 1. The fraction of sp³-hybridized carbons (Fsp3) is 0.462. The van der Waals surface area contributed by atoms with E-state index in [-0.39, 0.29) is 16.5 Å². The van der Waals surface area contributed by atoms with Crippen LogP contribution in [0.15, 0.2) is 23.1 Å². The molecule has 1 aromatic carbocycles. The summed E-state index contributed by atoms with van der Waals surface area (Å²) in [6, 6.07) is 4.89. The van der Waals surface area contributed by atoms with E-state index in [1.165, 1.54) is 10.4 Å². The third-order valence-electron chi connectivity index (χ3n) is 3.42. The van der Waals surface area contributed by atoms with E-state index in [1.807, 2.05) is 0 Å². The predicted molar refractivity (Wildman–Crippen MR) is 72.0 cm³/mol. The van der Waals surface area contributed by atoms with Gasteiger partial charge in [-0.3, -0.25) is 0 Å². The van der Waals surface area contributed by atoms with Crippen molar-refractivity contribution in [1.29, 1.82) is 5.26 Å². The van der Waals surface area contributed by atoms with Gasteiger partial charge in [-0.25, -0.2) is 12.8 Å². The molecule has 1 aliphatic heterocycles. The highest BCUT2D eigenvalue weighted by Gasteiger charge is 2.32. The first kappa shape index (κ1) is 14.9. The first-order valence-corrected chi connectivity index (χ1v) is 7.87. The molecule has 5 nitrogen and oxygen atoms in total. The van der Waals surface area contributed by atoms with Crippen molar-refractivity contribution in [3.63, 3.8) is 0 Å². The van der Waals surface area contributed by atoms with Crippen LogP contribution >= 0.6 is 0 Å². The van der Waals surface area contributed by atoms with Crippen LogP contribution in [-0.4, -0.2) is 38.4 Å². The Kier molecular flexibility index (Phi) is 4.38. The second-order valence-corrected chi connectivity index (χ2v) is 6.50. The molecule has 1 N–H and O–H groups in total. The quantitative estimate of drug-likeness (QED) is 0.902. The highest BCUT2D eigenvalue weighted by atomic mass is 32.2. The normalized spacial score (nSPS) is 19.2. The van der Waals surface area contributed by atoms with Gasteiger partial charge in [-0.1, -0.05) is 6.92 Å². The monoisotopic (exact) mass is 297 g/mol. The maximum absolute atomic E-state index is 13.3. The number of nitrogens with zero attached hydrogens (tertiary/aromatic N) is 2. The van der Waals surface area contributed by atoms with Gasteiger partial charge in [0.25, 0.3) is 0 Å². The number of benzene rings is 1. The Morgan fingerprint density at radius 2 is 2.30 bits per heavy atom. The number of halogens is 1. The number of hydrogen-bond donors (Lipinski definition) is 1. The van der Waals surface area contributed by atoms with Gasteiger partial charge in [-0.15, -0.1) is 0 Å². The zero-order valence-corrected chi connectivity index (χ0v) is 12.0. The zero-order valence-electron chi connectivity index (χ0n) is 11.1. The summed E-state index contributed by atoms with van der Waals surface area (Å²) in [5.41, 5.74) is -0.258. The van der Waals surface area contributed by atoms with E-state index < -0.39 is 15.8 Å². The first-order valence-electron chi connectivity index (χ1n) is 6.43. The number of rotatable bonds is 4. The van der Waals surface area contributed by atoms with Gasteiger partial charge in [0.2, 0.25) is 10.0 Å². The standard InChI is InChI=1S/C13H16FN3O2S/c1-2-17(11-5-6-16-9-11)20(18,19)12-3-4-13(14)10(7-12)8-15/h3-4,7,11,16H,2,5-6,9H2,1H3. The largest absolute Gasteiger partial charge is 0.315 e. The van der Waals surface area contributed by atoms with Crippen molar-refractivity contribution in [2.75, 3.05) is 19.6 Å². The van der Waals surface area contributed by atoms with Crippen molar-refractivity contribution < 1.29 is 12.8 Å². The molecule has 0 spiro atoms. The van der Waals surface area contributed by atoms with E-state index in [4.69, 9.17) is 5.26 Å². The van der Waals surface area contributed by atoms with E-state index in [1.54, 1.807) is 13.0 Å². The predicted octanol–water partition coefficient (Wildman–Crippen LogP) is 1.07. The lowest BCUT2D eigenvalue weighted by molar-refractivity contribution is 0.348. The summed E-state index contributed by atoms with van der Waals surface area (Å²) in [5.74, 6) is -0.711. The molecule has 0 amide bonds. The van der Waals surface area contributed by atoms with Gasteiger partial charge in [-0.05, 0) is 31.2 Å². The molecule has 1 atom stereocenters. The van der Waals surface area contributed by atoms with Gasteiger partial charge in [0.1, 0.15) is 11.9 Å². The van der Waals surface area contributed by atoms with Crippen molar-refractivity contribution in [1.82, 2.24) is 9.62 Å². The number of hydrogen-bond acceptors (Lipinski definition) is 4. The second-order valence-electron chi connectivity index (χ2n) is 4.61. The van der Waals surface area contributed by atoms with E-state index in [0.717, 1.165) is 25.1 Å². The SMILES string of the molecule is CCN(C1CCNC1)S(=O)(=O)c1ccc(F)c(C#N)c1. The van der Waals surface area contributed by atoms with Crippen molar-refractivity contribution in [2.24, 2.45) is 0 Å². The molecule has 0 bridgehead atoms. The van der Waals surface area contributed by atoms with Crippen LogP contribution in [0.1, 0.15) is 18.9 Å². The molecule has 108 valence electrons. The molecule has 0 aliphatic carbocycles. The summed E-state index contributed by atoms with van der Waals surface area (Å²) in [4.78, 5) is -0.0378. The molecule has 1 saturated heterocycles. The maximum atomic E-state index is 13.3. The Labute approximate surface area is 118 Å². The summed E-state index contributed by atoms with van der Waals surface area (Å²) in [7, 11) is -3.71. The van der Waals surface area contributed by atoms with Crippen molar-refractivity contribution in [3.05, 3.63) is 29.6 Å². The Hall–Kier alpha value is -1.49. The number of nitrogens with one attached hydrogen (secondary N) is 1. The lowest BCUT2D eigenvalue weighted by Gasteiger charge is -2.26.